The summed E-state index contributed by atoms with van der Waals surface area (Å²) in [7, 11) is 0. The second kappa shape index (κ2) is 9.88. The first-order valence-electron chi connectivity index (χ1n) is 11.5. The molecule has 0 fully saturated rings. The van der Waals surface area contributed by atoms with E-state index < -0.39 is 11.9 Å². The summed E-state index contributed by atoms with van der Waals surface area (Å²) in [5.74, 6) is -1.21. The van der Waals surface area contributed by atoms with Crippen molar-refractivity contribution in [3.05, 3.63) is 110 Å². The molecular formula is C29H22Cl2O6. The van der Waals surface area contributed by atoms with Gasteiger partial charge in [-0.15, -0.1) is 0 Å². The molecule has 4 aromatic rings. The van der Waals surface area contributed by atoms with Gasteiger partial charge >= 0.3 is 0 Å². The van der Waals surface area contributed by atoms with Crippen molar-refractivity contribution in [2.24, 2.45) is 0 Å². The van der Waals surface area contributed by atoms with Crippen LogP contribution in [0.15, 0.2) is 66.7 Å². The van der Waals surface area contributed by atoms with Gasteiger partial charge in [-0.05, 0) is 53.1 Å². The number of halogens is 2. The second-order valence-electron chi connectivity index (χ2n) is 8.90. The number of rotatable bonds is 5. The first-order valence-corrected chi connectivity index (χ1v) is 12.3. The molecule has 0 spiro atoms. The summed E-state index contributed by atoms with van der Waals surface area (Å²) in [4.78, 5) is 13.4. The van der Waals surface area contributed by atoms with Gasteiger partial charge in [-0.25, -0.2) is 0 Å². The Morgan fingerprint density at radius 1 is 0.757 bits per heavy atom. The number of benzene rings is 4. The Balaban J connectivity index is 1.70. The number of ketones is 1. The Labute approximate surface area is 222 Å². The van der Waals surface area contributed by atoms with Crippen LogP contribution in [0.2, 0.25) is 10.0 Å². The Kier molecular flexibility index (Phi) is 6.63. The van der Waals surface area contributed by atoms with Crippen molar-refractivity contribution in [1.82, 2.24) is 0 Å². The zero-order chi connectivity index (χ0) is 26.3. The highest BCUT2D eigenvalue weighted by Crippen LogP contribution is 2.50. The quantitative estimate of drug-likeness (QED) is 0.226. The predicted octanol–water partition coefficient (Wildman–Crippen LogP) is 6.70. The van der Waals surface area contributed by atoms with Crippen molar-refractivity contribution in [3.8, 4) is 28.7 Å². The molecule has 8 heteroatoms. The smallest absolute Gasteiger partial charge is 0.174 e. The zero-order valence-electron chi connectivity index (χ0n) is 19.4. The zero-order valence-corrected chi connectivity index (χ0v) is 20.9. The molecule has 4 aromatic carbocycles. The number of carbonyl (C=O) groups is 1. The van der Waals surface area contributed by atoms with Crippen molar-refractivity contribution < 1.29 is 30.0 Å². The first kappa shape index (κ1) is 24.8. The number of phenols is 4. The summed E-state index contributed by atoms with van der Waals surface area (Å²) in [6.45, 7) is 0. The van der Waals surface area contributed by atoms with E-state index in [-0.39, 0.29) is 64.7 Å². The van der Waals surface area contributed by atoms with E-state index in [9.17, 15) is 25.2 Å². The van der Waals surface area contributed by atoms with Gasteiger partial charge in [0.1, 0.15) is 40.4 Å². The number of phenolic OH excluding ortho intramolecular Hbond substituents is 4. The van der Waals surface area contributed by atoms with Crippen LogP contribution in [0.5, 0.6) is 28.7 Å². The lowest BCUT2D eigenvalue weighted by molar-refractivity contribution is 0.0842. The van der Waals surface area contributed by atoms with Crippen molar-refractivity contribution >= 4 is 29.0 Å². The molecule has 0 aromatic heterocycles. The van der Waals surface area contributed by atoms with Crippen LogP contribution in [-0.2, 0) is 12.8 Å². The summed E-state index contributed by atoms with van der Waals surface area (Å²) >= 11 is 12.2. The number of fused-ring (bicyclic) bond motifs is 1. The molecular weight excluding hydrogens is 515 g/mol. The molecule has 188 valence electrons. The normalized spacial score (nSPS) is 14.8. The Morgan fingerprint density at radius 2 is 1.32 bits per heavy atom. The third-order valence-electron chi connectivity index (χ3n) is 6.49. The molecule has 1 atom stereocenters. The Morgan fingerprint density at radius 3 is 1.92 bits per heavy atom. The van der Waals surface area contributed by atoms with E-state index >= 15 is 0 Å². The predicted molar refractivity (Wildman–Crippen MR) is 140 cm³/mol. The molecule has 0 amide bonds. The number of carbonyl (C=O) groups excluding carboxylic acids is 1. The van der Waals surface area contributed by atoms with E-state index in [1.807, 2.05) is 30.3 Å². The number of hydrogen-bond acceptors (Lipinski definition) is 6. The van der Waals surface area contributed by atoms with Gasteiger partial charge in [0.2, 0.25) is 0 Å². The van der Waals surface area contributed by atoms with Gasteiger partial charge < -0.3 is 25.2 Å². The standard InChI is InChI=1S/C29H22Cl2O6/c30-18-6-8-22(32)16(10-18)12-20-27(35)21(13-17-11-19(31)7-9-23(17)33)29-26(28(20)36)24(34)14-25(37-29)15-4-2-1-3-5-15/h1-11,25,32-33,35-36H,12-14H2/t25-/m0/s1. The van der Waals surface area contributed by atoms with E-state index in [2.05, 4.69) is 0 Å². The van der Waals surface area contributed by atoms with E-state index in [1.165, 1.54) is 30.3 Å². The van der Waals surface area contributed by atoms with Gasteiger partial charge in [-0.1, -0.05) is 53.5 Å². The Hall–Kier alpha value is -3.87. The van der Waals surface area contributed by atoms with Crippen LogP contribution in [0, 0.1) is 0 Å². The summed E-state index contributed by atoms with van der Waals surface area (Å²) in [5.41, 5.74) is 1.69. The third kappa shape index (κ3) is 4.78. The fourth-order valence-electron chi connectivity index (χ4n) is 4.61. The molecule has 1 aliphatic heterocycles. The number of aromatic hydroxyl groups is 4. The first-order chi connectivity index (χ1) is 17.7. The molecule has 0 bridgehead atoms. The summed E-state index contributed by atoms with van der Waals surface area (Å²) in [5, 5.41) is 44.2. The van der Waals surface area contributed by atoms with Crippen molar-refractivity contribution in [3.63, 3.8) is 0 Å². The SMILES string of the molecule is O=C1C[C@@H](c2ccccc2)Oc2c(Cc3cc(Cl)ccc3O)c(O)c(Cc3cc(Cl)ccc3O)c(O)c21. The fraction of sp³-hybridized carbons (Fsp3) is 0.138. The highest BCUT2D eigenvalue weighted by atomic mass is 35.5. The maximum atomic E-state index is 13.4. The van der Waals surface area contributed by atoms with Crippen LogP contribution in [0.3, 0.4) is 0 Å². The molecule has 0 radical (unpaired) electrons. The van der Waals surface area contributed by atoms with Crippen LogP contribution in [0.25, 0.3) is 0 Å². The summed E-state index contributed by atoms with van der Waals surface area (Å²) in [6, 6.07) is 18.1. The van der Waals surface area contributed by atoms with Gasteiger partial charge in [0.15, 0.2) is 5.78 Å². The molecule has 0 unspecified atom stereocenters. The number of ether oxygens (including phenoxy) is 1. The van der Waals surface area contributed by atoms with E-state index in [4.69, 9.17) is 27.9 Å². The van der Waals surface area contributed by atoms with Gasteiger partial charge in [0, 0.05) is 34.0 Å². The lowest BCUT2D eigenvalue weighted by atomic mass is 9.87. The molecule has 0 saturated carbocycles. The largest absolute Gasteiger partial charge is 0.508 e. The van der Waals surface area contributed by atoms with Gasteiger partial charge in [0.25, 0.3) is 0 Å². The van der Waals surface area contributed by atoms with E-state index in [0.717, 1.165) is 5.56 Å². The topological polar surface area (TPSA) is 107 Å². The van der Waals surface area contributed by atoms with Gasteiger partial charge in [-0.2, -0.15) is 0 Å². The van der Waals surface area contributed by atoms with Crippen LogP contribution < -0.4 is 4.74 Å². The van der Waals surface area contributed by atoms with E-state index in [0.29, 0.717) is 21.2 Å². The van der Waals surface area contributed by atoms with Crippen LogP contribution >= 0.6 is 23.2 Å². The molecule has 37 heavy (non-hydrogen) atoms. The highest BCUT2D eigenvalue weighted by molar-refractivity contribution is 6.31. The number of Topliss-reactive ketones (excluding diaryl/α,β-unsaturated/α-hetero) is 1. The third-order valence-corrected chi connectivity index (χ3v) is 6.96. The molecule has 6 nitrogen and oxygen atoms in total. The fourth-order valence-corrected chi connectivity index (χ4v) is 5.00. The van der Waals surface area contributed by atoms with Crippen LogP contribution in [0.1, 0.15) is 50.7 Å². The van der Waals surface area contributed by atoms with Crippen LogP contribution in [-0.4, -0.2) is 26.2 Å². The monoisotopic (exact) mass is 536 g/mol. The highest BCUT2D eigenvalue weighted by Gasteiger charge is 2.36. The minimum Gasteiger partial charge on any atom is -0.508 e. The molecule has 0 saturated heterocycles. The maximum Gasteiger partial charge on any atom is 0.174 e. The van der Waals surface area contributed by atoms with E-state index in [1.54, 1.807) is 6.07 Å². The molecule has 1 aliphatic rings. The minimum absolute atomic E-state index is 0.0148. The van der Waals surface area contributed by atoms with Gasteiger partial charge in [0.05, 0.1) is 6.42 Å². The molecule has 5 rings (SSSR count). The molecule has 1 heterocycles. The van der Waals surface area contributed by atoms with Crippen molar-refractivity contribution in [2.75, 3.05) is 0 Å². The second-order valence-corrected chi connectivity index (χ2v) is 9.78. The number of hydrogen-bond donors (Lipinski definition) is 4. The van der Waals surface area contributed by atoms with Crippen LogP contribution in [0.4, 0.5) is 0 Å². The maximum absolute atomic E-state index is 13.4. The minimum atomic E-state index is -0.630. The molecule has 4 N–H and O–H groups in total. The lowest BCUT2D eigenvalue weighted by Crippen LogP contribution is -2.22. The summed E-state index contributed by atoms with van der Waals surface area (Å²) < 4.78 is 6.25. The summed E-state index contributed by atoms with van der Waals surface area (Å²) in [6.07, 6.45) is -0.792. The lowest BCUT2D eigenvalue weighted by Gasteiger charge is -2.30. The average Bonchev–Trinajstić information content (AvgIpc) is 2.88. The average molecular weight is 537 g/mol. The Bertz CT molecular complexity index is 1520. The van der Waals surface area contributed by atoms with Gasteiger partial charge in [-0.3, -0.25) is 4.79 Å². The molecule has 0 aliphatic carbocycles. The van der Waals surface area contributed by atoms with Crippen molar-refractivity contribution in [2.45, 2.75) is 25.4 Å². The van der Waals surface area contributed by atoms with Crippen molar-refractivity contribution in [1.29, 1.82) is 0 Å².